The summed E-state index contributed by atoms with van der Waals surface area (Å²) >= 11 is 0. The summed E-state index contributed by atoms with van der Waals surface area (Å²) in [5.74, 6) is 0.541. The van der Waals surface area contributed by atoms with Gasteiger partial charge in [-0.25, -0.2) is 0 Å². The summed E-state index contributed by atoms with van der Waals surface area (Å²) in [4.78, 5) is 11.2. The molecule has 0 bridgehead atoms. The Bertz CT molecular complexity index is 319. The van der Waals surface area contributed by atoms with Crippen molar-refractivity contribution in [2.24, 2.45) is 0 Å². The van der Waals surface area contributed by atoms with Crippen LogP contribution >= 0.6 is 0 Å². The second-order valence-corrected chi connectivity index (χ2v) is 3.14. The van der Waals surface area contributed by atoms with Crippen molar-refractivity contribution in [3.05, 3.63) is 11.8 Å². The second kappa shape index (κ2) is 4.64. The van der Waals surface area contributed by atoms with E-state index in [0.717, 1.165) is 5.69 Å². The number of nitrogens with two attached hydrogens (primary N) is 1. The number of amides is 1. The van der Waals surface area contributed by atoms with Crippen LogP contribution in [-0.4, -0.2) is 22.2 Å². The van der Waals surface area contributed by atoms with Gasteiger partial charge in [0, 0.05) is 24.7 Å². The second-order valence-electron chi connectivity index (χ2n) is 3.14. The Morgan fingerprint density at radius 2 is 2.43 bits per heavy atom. The molecule has 14 heavy (non-hydrogen) atoms. The average molecular weight is 196 g/mol. The highest BCUT2D eigenvalue weighted by atomic mass is 16.1. The van der Waals surface area contributed by atoms with E-state index < -0.39 is 0 Å². The molecular weight excluding hydrogens is 180 g/mol. The normalized spacial score (nSPS) is 10.1. The summed E-state index contributed by atoms with van der Waals surface area (Å²) in [6.07, 6.45) is 0.440. The molecule has 0 atom stereocenters. The Kier molecular flexibility index (Phi) is 3.50. The first-order valence-corrected chi connectivity index (χ1v) is 4.70. The van der Waals surface area contributed by atoms with Crippen molar-refractivity contribution < 1.29 is 4.79 Å². The Hall–Kier alpha value is -1.52. The predicted octanol–water partition coefficient (Wildman–Crippen LogP) is 0.300. The van der Waals surface area contributed by atoms with E-state index in [0.29, 0.717) is 25.3 Å². The predicted molar refractivity (Wildman–Crippen MR) is 54.7 cm³/mol. The number of carbonyl (C=O) groups excluding carboxylic acids is 1. The van der Waals surface area contributed by atoms with Crippen LogP contribution in [0.25, 0.3) is 0 Å². The van der Waals surface area contributed by atoms with E-state index in [2.05, 4.69) is 10.4 Å². The molecule has 5 heteroatoms. The van der Waals surface area contributed by atoms with Crippen LogP contribution in [-0.2, 0) is 11.3 Å². The first-order valence-electron chi connectivity index (χ1n) is 4.70. The smallest absolute Gasteiger partial charge is 0.221 e. The monoisotopic (exact) mass is 196 g/mol. The van der Waals surface area contributed by atoms with E-state index in [1.807, 2.05) is 13.8 Å². The number of nitrogens with zero attached hydrogens (tertiary/aromatic N) is 2. The third-order valence-electron chi connectivity index (χ3n) is 1.92. The van der Waals surface area contributed by atoms with Crippen LogP contribution in [0.4, 0.5) is 5.82 Å². The maximum absolute atomic E-state index is 11.2. The lowest BCUT2D eigenvalue weighted by atomic mass is 10.4. The molecule has 0 unspecified atom stereocenters. The zero-order valence-corrected chi connectivity index (χ0v) is 8.58. The first-order chi connectivity index (χ1) is 6.63. The van der Waals surface area contributed by atoms with Gasteiger partial charge in [-0.1, -0.05) is 0 Å². The molecule has 1 aromatic rings. The lowest BCUT2D eigenvalue weighted by molar-refractivity contribution is -0.121. The van der Waals surface area contributed by atoms with Gasteiger partial charge in [-0.05, 0) is 13.8 Å². The fraction of sp³-hybridized carbons (Fsp3) is 0.556. The summed E-state index contributed by atoms with van der Waals surface area (Å²) in [6, 6.07) is 1.79. The van der Waals surface area contributed by atoms with E-state index in [1.54, 1.807) is 10.7 Å². The van der Waals surface area contributed by atoms with Crippen molar-refractivity contribution in [3.8, 4) is 0 Å². The molecule has 1 aromatic heterocycles. The highest BCUT2D eigenvalue weighted by Gasteiger charge is 2.04. The summed E-state index contributed by atoms with van der Waals surface area (Å²) in [6.45, 7) is 5.06. The molecule has 3 N–H and O–H groups in total. The zero-order valence-electron chi connectivity index (χ0n) is 8.58. The minimum atomic E-state index is 0.0426. The van der Waals surface area contributed by atoms with Crippen LogP contribution in [0.5, 0.6) is 0 Å². The maximum Gasteiger partial charge on any atom is 0.221 e. The number of aromatic nitrogens is 2. The molecule has 0 aliphatic rings. The maximum atomic E-state index is 11.2. The number of carbonyl (C=O) groups is 1. The van der Waals surface area contributed by atoms with Crippen molar-refractivity contribution in [3.63, 3.8) is 0 Å². The fourth-order valence-electron chi connectivity index (χ4n) is 1.26. The third-order valence-corrected chi connectivity index (χ3v) is 1.92. The number of aryl methyl sites for hydroxylation is 2. The molecule has 78 valence electrons. The van der Waals surface area contributed by atoms with Gasteiger partial charge in [0.1, 0.15) is 5.82 Å². The molecule has 0 aromatic carbocycles. The molecular formula is C9H16N4O. The van der Waals surface area contributed by atoms with Gasteiger partial charge in [-0.15, -0.1) is 0 Å². The summed E-state index contributed by atoms with van der Waals surface area (Å²) in [7, 11) is 0. The molecule has 0 saturated heterocycles. The van der Waals surface area contributed by atoms with Gasteiger partial charge in [-0.2, -0.15) is 5.10 Å². The average Bonchev–Trinajstić information content (AvgIpc) is 2.42. The Labute approximate surface area is 83.3 Å². The van der Waals surface area contributed by atoms with Crippen molar-refractivity contribution in [2.45, 2.75) is 26.8 Å². The van der Waals surface area contributed by atoms with Crippen LogP contribution < -0.4 is 11.1 Å². The van der Waals surface area contributed by atoms with Gasteiger partial charge in [0.05, 0.1) is 6.54 Å². The summed E-state index contributed by atoms with van der Waals surface area (Å²) < 4.78 is 1.74. The zero-order chi connectivity index (χ0) is 10.6. The molecule has 1 heterocycles. The van der Waals surface area contributed by atoms with Gasteiger partial charge in [-0.3, -0.25) is 9.48 Å². The van der Waals surface area contributed by atoms with Gasteiger partial charge < -0.3 is 11.1 Å². The largest absolute Gasteiger partial charge is 0.382 e. The standard InChI is InChI=1S/C9H16N4O/c1-3-11-9(14)4-5-13-7(2)6-8(10)12-13/h6H,3-5H2,1-2H3,(H2,10,12)(H,11,14). The first kappa shape index (κ1) is 10.6. The minimum absolute atomic E-state index is 0.0426. The highest BCUT2D eigenvalue weighted by molar-refractivity contribution is 5.75. The number of nitrogen functional groups attached to an aromatic ring is 1. The molecule has 0 spiro atoms. The number of hydrogen-bond acceptors (Lipinski definition) is 3. The number of anilines is 1. The molecule has 5 nitrogen and oxygen atoms in total. The van der Waals surface area contributed by atoms with E-state index in [9.17, 15) is 4.79 Å². The lowest BCUT2D eigenvalue weighted by Crippen LogP contribution is -2.24. The SMILES string of the molecule is CCNC(=O)CCn1nc(N)cc1C. The van der Waals surface area contributed by atoms with Gasteiger partial charge in [0.2, 0.25) is 5.91 Å². The minimum Gasteiger partial charge on any atom is -0.382 e. The quantitative estimate of drug-likeness (QED) is 0.727. The van der Waals surface area contributed by atoms with Crippen LogP contribution in [0.3, 0.4) is 0 Å². The van der Waals surface area contributed by atoms with Crippen LogP contribution in [0.15, 0.2) is 6.07 Å². The van der Waals surface area contributed by atoms with Gasteiger partial charge in [0.25, 0.3) is 0 Å². The van der Waals surface area contributed by atoms with Crippen molar-refractivity contribution >= 4 is 11.7 Å². The van der Waals surface area contributed by atoms with Gasteiger partial charge >= 0.3 is 0 Å². The molecule has 1 amide bonds. The lowest BCUT2D eigenvalue weighted by Gasteiger charge is -2.04. The van der Waals surface area contributed by atoms with E-state index >= 15 is 0 Å². The molecule has 0 saturated carbocycles. The van der Waals surface area contributed by atoms with Crippen molar-refractivity contribution in [2.75, 3.05) is 12.3 Å². The molecule has 0 aliphatic carbocycles. The summed E-state index contributed by atoms with van der Waals surface area (Å²) in [5.41, 5.74) is 6.49. The highest BCUT2D eigenvalue weighted by Crippen LogP contribution is 2.04. The van der Waals surface area contributed by atoms with Gasteiger partial charge in [0.15, 0.2) is 0 Å². The molecule has 0 aliphatic heterocycles. The Morgan fingerprint density at radius 1 is 1.71 bits per heavy atom. The van der Waals surface area contributed by atoms with Crippen LogP contribution in [0.1, 0.15) is 19.0 Å². The number of rotatable bonds is 4. The Morgan fingerprint density at radius 3 is 2.93 bits per heavy atom. The molecule has 0 fully saturated rings. The van der Waals surface area contributed by atoms with E-state index in [-0.39, 0.29) is 5.91 Å². The Balaban J connectivity index is 2.45. The third kappa shape index (κ3) is 2.76. The van der Waals surface area contributed by atoms with Crippen LogP contribution in [0, 0.1) is 6.92 Å². The fourth-order valence-corrected chi connectivity index (χ4v) is 1.26. The van der Waals surface area contributed by atoms with Crippen molar-refractivity contribution in [1.82, 2.24) is 15.1 Å². The van der Waals surface area contributed by atoms with E-state index in [1.165, 1.54) is 0 Å². The topological polar surface area (TPSA) is 72.9 Å². The van der Waals surface area contributed by atoms with Crippen LogP contribution in [0.2, 0.25) is 0 Å². The van der Waals surface area contributed by atoms with Crippen molar-refractivity contribution in [1.29, 1.82) is 0 Å². The van der Waals surface area contributed by atoms with E-state index in [4.69, 9.17) is 5.73 Å². The number of hydrogen-bond donors (Lipinski definition) is 2. The molecule has 1 rings (SSSR count). The molecule has 0 radical (unpaired) electrons. The number of nitrogens with one attached hydrogen (secondary N) is 1. The summed E-state index contributed by atoms with van der Waals surface area (Å²) in [5, 5.41) is 6.79.